The standard InChI is InChI=1S/C16H28O4/c1-5-13(3)9-11-19-15(17)7-8-16(18)20-12-10-14(4)6-2/h7-8,13-14H,5-6,9-12H2,1-4H3/b8-7-. The maximum atomic E-state index is 11.3. The minimum atomic E-state index is -0.493. The summed E-state index contributed by atoms with van der Waals surface area (Å²) in [7, 11) is 0. The number of rotatable bonds is 10. The van der Waals surface area contributed by atoms with E-state index in [2.05, 4.69) is 27.7 Å². The lowest BCUT2D eigenvalue weighted by molar-refractivity contribution is -0.140. The molecular weight excluding hydrogens is 256 g/mol. The zero-order chi connectivity index (χ0) is 15.4. The molecule has 0 heterocycles. The summed E-state index contributed by atoms with van der Waals surface area (Å²) in [6.45, 7) is 9.20. The van der Waals surface area contributed by atoms with E-state index in [1.807, 2.05) is 0 Å². The van der Waals surface area contributed by atoms with E-state index in [1.54, 1.807) is 0 Å². The summed E-state index contributed by atoms with van der Waals surface area (Å²) in [6, 6.07) is 0. The van der Waals surface area contributed by atoms with Gasteiger partial charge in [0.15, 0.2) is 0 Å². The molecule has 0 saturated carbocycles. The summed E-state index contributed by atoms with van der Waals surface area (Å²) in [5.41, 5.74) is 0. The molecule has 0 aliphatic heterocycles. The van der Waals surface area contributed by atoms with Gasteiger partial charge < -0.3 is 9.47 Å². The molecule has 20 heavy (non-hydrogen) atoms. The lowest BCUT2D eigenvalue weighted by Gasteiger charge is -2.08. The van der Waals surface area contributed by atoms with Crippen LogP contribution >= 0.6 is 0 Å². The first kappa shape index (κ1) is 18.7. The quantitative estimate of drug-likeness (QED) is 0.455. The van der Waals surface area contributed by atoms with Crippen molar-refractivity contribution in [3.63, 3.8) is 0 Å². The van der Waals surface area contributed by atoms with Crippen LogP contribution in [0.5, 0.6) is 0 Å². The molecule has 4 heteroatoms. The van der Waals surface area contributed by atoms with Gasteiger partial charge in [-0.1, -0.05) is 40.5 Å². The molecule has 4 nitrogen and oxygen atoms in total. The minimum absolute atomic E-state index is 0.390. The van der Waals surface area contributed by atoms with Gasteiger partial charge in [0.2, 0.25) is 0 Å². The second kappa shape index (κ2) is 11.5. The van der Waals surface area contributed by atoms with Gasteiger partial charge in [0.1, 0.15) is 0 Å². The maximum Gasteiger partial charge on any atom is 0.331 e. The summed E-state index contributed by atoms with van der Waals surface area (Å²) in [6.07, 6.45) is 6.07. The van der Waals surface area contributed by atoms with Crippen molar-refractivity contribution in [1.29, 1.82) is 0 Å². The van der Waals surface area contributed by atoms with Crippen molar-refractivity contribution < 1.29 is 19.1 Å². The molecule has 0 bridgehead atoms. The first-order valence-electron chi connectivity index (χ1n) is 7.51. The van der Waals surface area contributed by atoms with Crippen molar-refractivity contribution in [2.45, 2.75) is 53.4 Å². The Morgan fingerprint density at radius 2 is 1.20 bits per heavy atom. The Labute approximate surface area is 122 Å². The van der Waals surface area contributed by atoms with E-state index in [0.29, 0.717) is 25.0 Å². The third kappa shape index (κ3) is 10.6. The highest BCUT2D eigenvalue weighted by molar-refractivity contribution is 5.91. The summed E-state index contributed by atoms with van der Waals surface area (Å²) in [5.74, 6) is 0.0916. The Morgan fingerprint density at radius 1 is 0.850 bits per heavy atom. The van der Waals surface area contributed by atoms with Gasteiger partial charge in [0.05, 0.1) is 13.2 Å². The number of carbonyl (C=O) groups excluding carboxylic acids is 2. The minimum Gasteiger partial charge on any atom is -0.463 e. The van der Waals surface area contributed by atoms with Gasteiger partial charge in [-0.25, -0.2) is 9.59 Å². The van der Waals surface area contributed by atoms with E-state index in [4.69, 9.17) is 9.47 Å². The van der Waals surface area contributed by atoms with Gasteiger partial charge in [0.25, 0.3) is 0 Å². The van der Waals surface area contributed by atoms with Crippen LogP contribution in [0.15, 0.2) is 12.2 Å². The van der Waals surface area contributed by atoms with Crippen LogP contribution in [0.1, 0.15) is 53.4 Å². The molecule has 0 amide bonds. The molecule has 0 radical (unpaired) electrons. The molecule has 0 rings (SSSR count). The fraction of sp³-hybridized carbons (Fsp3) is 0.750. The predicted octanol–water partition coefficient (Wildman–Crippen LogP) is 3.50. The fourth-order valence-electron chi connectivity index (χ4n) is 1.36. The van der Waals surface area contributed by atoms with Crippen LogP contribution in [0.4, 0.5) is 0 Å². The number of esters is 2. The third-order valence-corrected chi connectivity index (χ3v) is 3.46. The fourth-order valence-corrected chi connectivity index (χ4v) is 1.36. The molecule has 0 aliphatic carbocycles. The van der Waals surface area contributed by atoms with Crippen LogP contribution < -0.4 is 0 Å². The van der Waals surface area contributed by atoms with Gasteiger partial charge in [0, 0.05) is 12.2 Å². The van der Waals surface area contributed by atoms with Crippen LogP contribution in [0.25, 0.3) is 0 Å². The highest BCUT2D eigenvalue weighted by Gasteiger charge is 2.04. The van der Waals surface area contributed by atoms with Crippen molar-refractivity contribution in [3.05, 3.63) is 12.2 Å². The Bertz CT molecular complexity index is 280. The normalized spacial score (nSPS) is 14.0. The molecule has 0 aromatic rings. The predicted molar refractivity (Wildman–Crippen MR) is 79.2 cm³/mol. The summed E-state index contributed by atoms with van der Waals surface area (Å²) in [4.78, 5) is 22.7. The number of hydrogen-bond donors (Lipinski definition) is 0. The summed E-state index contributed by atoms with van der Waals surface area (Å²) < 4.78 is 9.98. The van der Waals surface area contributed by atoms with E-state index in [9.17, 15) is 9.59 Å². The molecule has 2 unspecified atom stereocenters. The van der Waals surface area contributed by atoms with Crippen LogP contribution in [0, 0.1) is 11.8 Å². The largest absolute Gasteiger partial charge is 0.463 e. The van der Waals surface area contributed by atoms with Gasteiger partial charge in [-0.3, -0.25) is 0 Å². The second-order valence-corrected chi connectivity index (χ2v) is 5.27. The monoisotopic (exact) mass is 284 g/mol. The molecule has 0 aliphatic rings. The molecule has 116 valence electrons. The second-order valence-electron chi connectivity index (χ2n) is 5.27. The van der Waals surface area contributed by atoms with E-state index >= 15 is 0 Å². The molecule has 0 spiro atoms. The molecular formula is C16H28O4. The number of carbonyl (C=O) groups is 2. The van der Waals surface area contributed by atoms with E-state index in [1.165, 1.54) is 0 Å². The average molecular weight is 284 g/mol. The van der Waals surface area contributed by atoms with Gasteiger partial charge in [-0.15, -0.1) is 0 Å². The van der Waals surface area contributed by atoms with E-state index in [-0.39, 0.29) is 0 Å². The lowest BCUT2D eigenvalue weighted by atomic mass is 10.1. The van der Waals surface area contributed by atoms with Crippen molar-refractivity contribution in [2.24, 2.45) is 11.8 Å². The van der Waals surface area contributed by atoms with Crippen LogP contribution in [0.2, 0.25) is 0 Å². The smallest absolute Gasteiger partial charge is 0.331 e. The van der Waals surface area contributed by atoms with Gasteiger partial charge in [-0.2, -0.15) is 0 Å². The van der Waals surface area contributed by atoms with Crippen LogP contribution in [0.3, 0.4) is 0 Å². The Hall–Kier alpha value is -1.32. The van der Waals surface area contributed by atoms with E-state index in [0.717, 1.165) is 37.8 Å². The third-order valence-electron chi connectivity index (χ3n) is 3.46. The zero-order valence-electron chi connectivity index (χ0n) is 13.2. The number of ether oxygens (including phenoxy) is 2. The van der Waals surface area contributed by atoms with E-state index < -0.39 is 11.9 Å². The van der Waals surface area contributed by atoms with Crippen molar-refractivity contribution in [2.75, 3.05) is 13.2 Å². The Balaban J connectivity index is 3.75. The lowest BCUT2D eigenvalue weighted by Crippen LogP contribution is -2.08. The summed E-state index contributed by atoms with van der Waals surface area (Å²) in [5, 5.41) is 0. The van der Waals surface area contributed by atoms with Crippen molar-refractivity contribution in [3.8, 4) is 0 Å². The maximum absolute atomic E-state index is 11.3. The van der Waals surface area contributed by atoms with Gasteiger partial charge in [-0.05, 0) is 24.7 Å². The van der Waals surface area contributed by atoms with Gasteiger partial charge >= 0.3 is 11.9 Å². The topological polar surface area (TPSA) is 52.6 Å². The highest BCUT2D eigenvalue weighted by atomic mass is 16.5. The molecule has 0 aromatic heterocycles. The summed E-state index contributed by atoms with van der Waals surface area (Å²) >= 11 is 0. The first-order valence-corrected chi connectivity index (χ1v) is 7.51. The Morgan fingerprint density at radius 3 is 1.50 bits per heavy atom. The average Bonchev–Trinajstić information content (AvgIpc) is 2.44. The highest BCUT2D eigenvalue weighted by Crippen LogP contribution is 2.06. The Kier molecular flexibility index (Phi) is 10.7. The van der Waals surface area contributed by atoms with Crippen LogP contribution in [-0.2, 0) is 19.1 Å². The number of hydrogen-bond acceptors (Lipinski definition) is 4. The first-order chi connectivity index (χ1) is 9.49. The van der Waals surface area contributed by atoms with Crippen molar-refractivity contribution in [1.82, 2.24) is 0 Å². The molecule has 0 saturated heterocycles. The zero-order valence-corrected chi connectivity index (χ0v) is 13.2. The molecule has 0 N–H and O–H groups in total. The molecule has 0 aromatic carbocycles. The molecule has 0 fully saturated rings. The SMILES string of the molecule is CCC(C)CCOC(=O)/C=C\C(=O)OCCC(C)CC. The van der Waals surface area contributed by atoms with Crippen molar-refractivity contribution >= 4 is 11.9 Å². The van der Waals surface area contributed by atoms with Crippen LogP contribution in [-0.4, -0.2) is 25.2 Å². The molecule has 2 atom stereocenters.